The van der Waals surface area contributed by atoms with Crippen LogP contribution in [0.4, 0.5) is 9.18 Å². The van der Waals surface area contributed by atoms with Crippen molar-refractivity contribution in [1.82, 2.24) is 5.32 Å². The maximum Gasteiger partial charge on any atom is 0.407 e. The zero-order chi connectivity index (χ0) is 13.3. The summed E-state index contributed by atoms with van der Waals surface area (Å²) in [6.45, 7) is 4.08. The molecule has 1 aromatic rings. The average Bonchev–Trinajstić information content (AvgIpc) is 2.33. The van der Waals surface area contributed by atoms with Gasteiger partial charge in [0.1, 0.15) is 6.61 Å². The Morgan fingerprint density at radius 3 is 2.89 bits per heavy atom. The van der Waals surface area contributed by atoms with Gasteiger partial charge in [0.25, 0.3) is 0 Å². The van der Waals surface area contributed by atoms with E-state index in [4.69, 9.17) is 9.47 Å². The Balaban J connectivity index is 2.43. The quantitative estimate of drug-likeness (QED) is 0.881. The van der Waals surface area contributed by atoms with Crippen LogP contribution in [0.25, 0.3) is 0 Å². The Kier molecular flexibility index (Phi) is 3.15. The molecule has 0 bridgehead atoms. The number of rotatable bonds is 2. The standard InChI is InChI=1S/C13H16FNO3/c1-13(2)7-18-12(16)15-11(13)8-5-4-6-9(17-3)10(8)14/h4-6,11H,7H2,1-3H3,(H,15,16)/t11-/m0/s1. The molecule has 1 amide bonds. The molecular weight excluding hydrogens is 237 g/mol. The molecule has 1 N–H and O–H groups in total. The summed E-state index contributed by atoms with van der Waals surface area (Å²) in [6, 6.07) is 4.46. The van der Waals surface area contributed by atoms with Crippen LogP contribution in [-0.2, 0) is 4.74 Å². The summed E-state index contributed by atoms with van der Waals surface area (Å²) in [5, 5.41) is 2.66. The Bertz CT molecular complexity index is 473. The highest BCUT2D eigenvalue weighted by atomic mass is 19.1. The van der Waals surface area contributed by atoms with E-state index in [1.165, 1.54) is 7.11 Å². The number of methoxy groups -OCH3 is 1. The van der Waals surface area contributed by atoms with Crippen LogP contribution in [-0.4, -0.2) is 19.8 Å². The number of alkyl carbamates (subject to hydrolysis) is 1. The fourth-order valence-electron chi connectivity index (χ4n) is 2.10. The molecule has 2 rings (SSSR count). The van der Waals surface area contributed by atoms with Crippen LogP contribution in [0.2, 0.25) is 0 Å². The third-order valence-electron chi connectivity index (χ3n) is 3.14. The lowest BCUT2D eigenvalue weighted by Gasteiger charge is -2.38. The van der Waals surface area contributed by atoms with Crippen LogP contribution in [0.3, 0.4) is 0 Å². The molecule has 1 aromatic carbocycles. The molecule has 0 saturated carbocycles. The highest BCUT2D eigenvalue weighted by molar-refractivity contribution is 5.69. The summed E-state index contributed by atoms with van der Waals surface area (Å²) < 4.78 is 24.1. The van der Waals surface area contributed by atoms with Gasteiger partial charge in [-0.1, -0.05) is 26.0 Å². The van der Waals surface area contributed by atoms with Gasteiger partial charge in [-0.2, -0.15) is 0 Å². The van der Waals surface area contributed by atoms with Crippen LogP contribution in [0, 0.1) is 11.2 Å². The van der Waals surface area contributed by atoms with Gasteiger partial charge in [-0.05, 0) is 6.07 Å². The van der Waals surface area contributed by atoms with Crippen LogP contribution in [0.15, 0.2) is 18.2 Å². The topological polar surface area (TPSA) is 47.6 Å². The summed E-state index contributed by atoms with van der Waals surface area (Å²) in [5.41, 5.74) is 0.0252. The summed E-state index contributed by atoms with van der Waals surface area (Å²) in [5.74, 6) is -0.274. The number of hydrogen-bond donors (Lipinski definition) is 1. The van der Waals surface area contributed by atoms with Crippen molar-refractivity contribution in [1.29, 1.82) is 0 Å². The number of carbonyl (C=O) groups is 1. The zero-order valence-electron chi connectivity index (χ0n) is 10.6. The second kappa shape index (κ2) is 4.48. The highest BCUT2D eigenvalue weighted by Gasteiger charge is 2.39. The molecule has 1 atom stereocenters. The van der Waals surface area contributed by atoms with Crippen LogP contribution in [0.1, 0.15) is 25.5 Å². The third-order valence-corrected chi connectivity index (χ3v) is 3.14. The van der Waals surface area contributed by atoms with Gasteiger partial charge < -0.3 is 14.8 Å². The molecule has 0 unspecified atom stereocenters. The van der Waals surface area contributed by atoms with E-state index < -0.39 is 18.0 Å². The summed E-state index contributed by atoms with van der Waals surface area (Å²) in [7, 11) is 1.41. The average molecular weight is 253 g/mol. The number of cyclic esters (lactones) is 1. The molecule has 4 nitrogen and oxygen atoms in total. The maximum atomic E-state index is 14.2. The number of hydrogen-bond acceptors (Lipinski definition) is 3. The normalized spacial score (nSPS) is 22.0. The van der Waals surface area contributed by atoms with Crippen molar-refractivity contribution in [2.75, 3.05) is 13.7 Å². The van der Waals surface area contributed by atoms with E-state index in [9.17, 15) is 9.18 Å². The van der Waals surface area contributed by atoms with Crippen LogP contribution < -0.4 is 10.1 Å². The molecule has 0 aromatic heterocycles. The molecule has 1 aliphatic heterocycles. The SMILES string of the molecule is COc1cccc([C@@H]2NC(=O)OCC2(C)C)c1F. The highest BCUT2D eigenvalue weighted by Crippen LogP contribution is 2.39. The lowest BCUT2D eigenvalue weighted by Crippen LogP contribution is -2.47. The van der Waals surface area contributed by atoms with Gasteiger partial charge in [0.05, 0.1) is 13.2 Å². The van der Waals surface area contributed by atoms with Gasteiger partial charge in [0, 0.05) is 11.0 Å². The predicted molar refractivity (Wildman–Crippen MR) is 64.0 cm³/mol. The molecule has 0 spiro atoms. The van der Waals surface area contributed by atoms with Gasteiger partial charge in [-0.15, -0.1) is 0 Å². The van der Waals surface area contributed by atoms with Crippen molar-refractivity contribution in [3.63, 3.8) is 0 Å². The minimum Gasteiger partial charge on any atom is -0.494 e. The minimum absolute atomic E-state index is 0.170. The van der Waals surface area contributed by atoms with Gasteiger partial charge in [0.15, 0.2) is 11.6 Å². The van der Waals surface area contributed by atoms with E-state index in [2.05, 4.69) is 5.32 Å². The summed E-state index contributed by atoms with van der Waals surface area (Å²) in [6.07, 6.45) is -0.526. The zero-order valence-corrected chi connectivity index (χ0v) is 10.6. The number of halogens is 1. The van der Waals surface area contributed by atoms with Crippen molar-refractivity contribution in [2.45, 2.75) is 19.9 Å². The second-order valence-corrected chi connectivity index (χ2v) is 5.01. The molecule has 1 saturated heterocycles. The smallest absolute Gasteiger partial charge is 0.407 e. The lowest BCUT2D eigenvalue weighted by molar-refractivity contribution is 0.0376. The summed E-state index contributed by atoms with van der Waals surface area (Å²) >= 11 is 0. The predicted octanol–water partition coefficient (Wildman–Crippen LogP) is 2.64. The third kappa shape index (κ3) is 2.12. The fourth-order valence-corrected chi connectivity index (χ4v) is 2.10. The number of benzene rings is 1. The number of ether oxygens (including phenoxy) is 2. The Morgan fingerprint density at radius 1 is 1.50 bits per heavy atom. The first-order valence-electron chi connectivity index (χ1n) is 5.71. The van der Waals surface area contributed by atoms with E-state index >= 15 is 0 Å². The number of amides is 1. The maximum absolute atomic E-state index is 14.2. The number of carbonyl (C=O) groups excluding carboxylic acids is 1. The van der Waals surface area contributed by atoms with Gasteiger partial charge in [-0.25, -0.2) is 9.18 Å². The molecule has 0 radical (unpaired) electrons. The van der Waals surface area contributed by atoms with Gasteiger partial charge >= 0.3 is 6.09 Å². The molecule has 1 heterocycles. The molecular formula is C13H16FNO3. The fraction of sp³-hybridized carbons (Fsp3) is 0.462. The van der Waals surface area contributed by atoms with Crippen LogP contribution >= 0.6 is 0 Å². The van der Waals surface area contributed by atoms with E-state index in [0.717, 1.165) is 0 Å². The van der Waals surface area contributed by atoms with Gasteiger partial charge in [-0.3, -0.25) is 0 Å². The molecule has 5 heteroatoms. The second-order valence-electron chi connectivity index (χ2n) is 5.01. The lowest BCUT2D eigenvalue weighted by atomic mass is 9.80. The van der Waals surface area contributed by atoms with Crippen molar-refractivity contribution in [2.24, 2.45) is 5.41 Å². The first-order valence-corrected chi connectivity index (χ1v) is 5.71. The Labute approximate surface area is 105 Å². The first kappa shape index (κ1) is 12.7. The monoisotopic (exact) mass is 253 g/mol. The van der Waals surface area contributed by atoms with Crippen LogP contribution in [0.5, 0.6) is 5.75 Å². The van der Waals surface area contributed by atoms with Gasteiger partial charge in [0.2, 0.25) is 0 Å². The number of nitrogens with one attached hydrogen (secondary N) is 1. The van der Waals surface area contributed by atoms with Crippen molar-refractivity contribution < 1.29 is 18.7 Å². The first-order chi connectivity index (χ1) is 8.45. The van der Waals surface area contributed by atoms with E-state index in [0.29, 0.717) is 5.56 Å². The Hall–Kier alpha value is -1.78. The largest absolute Gasteiger partial charge is 0.494 e. The van der Waals surface area contributed by atoms with E-state index in [1.807, 2.05) is 13.8 Å². The van der Waals surface area contributed by atoms with E-state index in [1.54, 1.807) is 18.2 Å². The Morgan fingerprint density at radius 2 is 2.22 bits per heavy atom. The molecule has 0 aliphatic carbocycles. The summed E-state index contributed by atoms with van der Waals surface area (Å²) in [4.78, 5) is 11.3. The van der Waals surface area contributed by atoms with Crippen molar-refractivity contribution in [3.8, 4) is 5.75 Å². The van der Waals surface area contributed by atoms with E-state index in [-0.39, 0.29) is 17.8 Å². The molecule has 18 heavy (non-hydrogen) atoms. The molecule has 1 aliphatic rings. The molecule has 98 valence electrons. The van der Waals surface area contributed by atoms with Crippen molar-refractivity contribution in [3.05, 3.63) is 29.6 Å². The van der Waals surface area contributed by atoms with Crippen molar-refractivity contribution >= 4 is 6.09 Å². The molecule has 1 fully saturated rings. The minimum atomic E-state index is -0.526.